The molecule has 2 aromatic rings. The maximum absolute atomic E-state index is 13.2. The van der Waals surface area contributed by atoms with E-state index < -0.39 is 11.9 Å². The zero-order valence-electron chi connectivity index (χ0n) is 16.0. The van der Waals surface area contributed by atoms with Crippen molar-refractivity contribution in [3.63, 3.8) is 0 Å². The Morgan fingerprint density at radius 1 is 1.07 bits per heavy atom. The van der Waals surface area contributed by atoms with Gasteiger partial charge in [-0.15, -0.1) is 0 Å². The van der Waals surface area contributed by atoms with Crippen LogP contribution in [0.25, 0.3) is 0 Å². The van der Waals surface area contributed by atoms with Gasteiger partial charge in [0.2, 0.25) is 0 Å². The second-order valence-electron chi connectivity index (χ2n) is 6.13. The van der Waals surface area contributed by atoms with Gasteiger partial charge in [-0.1, -0.05) is 12.1 Å². The summed E-state index contributed by atoms with van der Waals surface area (Å²) in [6, 6.07) is 13.0. The molecule has 3 rings (SSSR count). The molecule has 29 heavy (non-hydrogen) atoms. The van der Waals surface area contributed by atoms with Crippen LogP contribution in [0.3, 0.4) is 0 Å². The van der Waals surface area contributed by atoms with Crippen LogP contribution in [0.15, 0.2) is 59.8 Å². The lowest BCUT2D eigenvalue weighted by molar-refractivity contribution is -0.140. The highest BCUT2D eigenvalue weighted by Gasteiger charge is 2.32. The van der Waals surface area contributed by atoms with E-state index in [0.29, 0.717) is 17.0 Å². The van der Waals surface area contributed by atoms with Crippen molar-refractivity contribution in [1.29, 1.82) is 0 Å². The number of carbonyl (C=O) groups is 2. The highest BCUT2D eigenvalue weighted by atomic mass is 19.1. The van der Waals surface area contributed by atoms with Gasteiger partial charge in [0.25, 0.3) is 0 Å². The van der Waals surface area contributed by atoms with Crippen molar-refractivity contribution < 1.29 is 32.9 Å². The van der Waals surface area contributed by atoms with E-state index in [-0.39, 0.29) is 37.0 Å². The van der Waals surface area contributed by atoms with Crippen LogP contribution in [-0.2, 0) is 30.4 Å². The summed E-state index contributed by atoms with van der Waals surface area (Å²) in [6.07, 6.45) is 0. The summed E-state index contributed by atoms with van der Waals surface area (Å²) >= 11 is 0. The fourth-order valence-electron chi connectivity index (χ4n) is 2.86. The number of hydrogen-bond acceptors (Lipinski definition) is 7. The molecule has 0 fully saturated rings. The first-order valence-corrected chi connectivity index (χ1v) is 8.76. The largest absolute Gasteiger partial charge is 0.489 e. The summed E-state index contributed by atoms with van der Waals surface area (Å²) in [6.45, 7) is 0.223. The van der Waals surface area contributed by atoms with Crippen LogP contribution in [-0.4, -0.2) is 39.5 Å². The summed E-state index contributed by atoms with van der Waals surface area (Å²) in [5, 5.41) is 0. The third-order valence-corrected chi connectivity index (χ3v) is 4.28. The number of hydrogen-bond donors (Lipinski definition) is 0. The lowest BCUT2D eigenvalue weighted by Crippen LogP contribution is -2.38. The van der Waals surface area contributed by atoms with Crippen LogP contribution >= 0.6 is 0 Å². The molecule has 0 amide bonds. The number of halogens is 1. The number of anilines is 1. The lowest BCUT2D eigenvalue weighted by Gasteiger charge is -2.31. The molecular weight excluding hydrogens is 381 g/mol. The van der Waals surface area contributed by atoms with Crippen molar-refractivity contribution in [2.24, 2.45) is 0 Å². The molecule has 0 aromatic heterocycles. The van der Waals surface area contributed by atoms with Gasteiger partial charge >= 0.3 is 11.9 Å². The van der Waals surface area contributed by atoms with Gasteiger partial charge in [-0.25, -0.2) is 14.0 Å². The number of rotatable bonds is 6. The third kappa shape index (κ3) is 4.72. The van der Waals surface area contributed by atoms with Gasteiger partial charge in [0.15, 0.2) is 0 Å². The van der Waals surface area contributed by atoms with E-state index in [2.05, 4.69) is 0 Å². The molecule has 0 saturated heterocycles. The first-order chi connectivity index (χ1) is 14.0. The van der Waals surface area contributed by atoms with Crippen molar-refractivity contribution >= 4 is 17.6 Å². The molecule has 2 aromatic carbocycles. The molecule has 0 radical (unpaired) electrons. The second-order valence-corrected chi connectivity index (χ2v) is 6.13. The van der Waals surface area contributed by atoms with Crippen LogP contribution in [0.1, 0.15) is 5.56 Å². The molecule has 0 bridgehead atoms. The van der Waals surface area contributed by atoms with E-state index in [4.69, 9.17) is 18.9 Å². The highest BCUT2D eigenvalue weighted by Crippen LogP contribution is 2.28. The Bertz CT molecular complexity index is 925. The molecule has 1 aliphatic heterocycles. The van der Waals surface area contributed by atoms with Crippen molar-refractivity contribution in [1.82, 2.24) is 0 Å². The average molecular weight is 401 g/mol. The molecular formula is C21H20FNO6. The Kier molecular flexibility index (Phi) is 6.46. The molecule has 0 unspecified atom stereocenters. The van der Waals surface area contributed by atoms with E-state index in [9.17, 15) is 14.0 Å². The van der Waals surface area contributed by atoms with Crippen LogP contribution in [0.2, 0.25) is 0 Å². The molecule has 1 heterocycles. The highest BCUT2D eigenvalue weighted by molar-refractivity contribution is 6.03. The van der Waals surface area contributed by atoms with Gasteiger partial charge in [-0.05, 0) is 42.0 Å². The number of ether oxygens (including phenoxy) is 4. The fraction of sp³-hybridized carbons (Fsp3) is 0.238. The van der Waals surface area contributed by atoms with E-state index in [0.717, 1.165) is 0 Å². The van der Waals surface area contributed by atoms with Crippen LogP contribution < -0.4 is 9.64 Å². The van der Waals surface area contributed by atoms with Gasteiger partial charge in [-0.3, -0.25) is 0 Å². The number of esters is 2. The van der Waals surface area contributed by atoms with E-state index in [1.165, 1.54) is 31.3 Å². The molecule has 0 aliphatic carbocycles. The lowest BCUT2D eigenvalue weighted by atomic mass is 10.1. The Balaban J connectivity index is 1.80. The molecule has 0 atom stereocenters. The number of nitrogens with zero attached hydrogens (tertiary/aromatic N) is 1. The minimum absolute atomic E-state index is 0.0531. The Labute approximate surface area is 167 Å². The normalized spacial score (nSPS) is 13.8. The Morgan fingerprint density at radius 3 is 2.45 bits per heavy atom. The van der Waals surface area contributed by atoms with Crippen molar-refractivity contribution in [2.45, 2.75) is 6.61 Å². The Hall–Kier alpha value is -3.39. The maximum Gasteiger partial charge on any atom is 0.355 e. The SMILES string of the molecule is COC(=O)C1=C(C(=O)OC)N(c2ccc(OCc3cccc(F)c3)cc2)COC1. The minimum Gasteiger partial charge on any atom is -0.489 e. The monoisotopic (exact) mass is 401 g/mol. The fourth-order valence-corrected chi connectivity index (χ4v) is 2.86. The zero-order valence-corrected chi connectivity index (χ0v) is 16.0. The van der Waals surface area contributed by atoms with Gasteiger partial charge in [0, 0.05) is 5.69 Å². The van der Waals surface area contributed by atoms with E-state index >= 15 is 0 Å². The van der Waals surface area contributed by atoms with Crippen LogP contribution in [0.4, 0.5) is 10.1 Å². The number of benzene rings is 2. The van der Waals surface area contributed by atoms with Gasteiger partial charge in [0.05, 0.1) is 26.4 Å². The standard InChI is InChI=1S/C21H20FNO6/c1-26-20(24)18-12-28-13-23(19(18)21(25)27-2)16-6-8-17(9-7-16)29-11-14-4-3-5-15(22)10-14/h3-10H,11-13H2,1-2H3. The molecule has 0 N–H and O–H groups in total. The van der Waals surface area contributed by atoms with Crippen LogP contribution in [0, 0.1) is 5.82 Å². The quantitative estimate of drug-likeness (QED) is 0.689. The predicted molar refractivity (Wildman–Crippen MR) is 102 cm³/mol. The first-order valence-electron chi connectivity index (χ1n) is 8.76. The smallest absolute Gasteiger partial charge is 0.355 e. The summed E-state index contributed by atoms with van der Waals surface area (Å²) in [5.74, 6) is -1.09. The molecule has 7 nitrogen and oxygen atoms in total. The molecule has 0 spiro atoms. The van der Waals surface area contributed by atoms with Crippen LogP contribution in [0.5, 0.6) is 5.75 Å². The number of methoxy groups -OCH3 is 2. The summed E-state index contributed by atoms with van der Waals surface area (Å²) < 4.78 is 33.9. The van der Waals surface area contributed by atoms with Gasteiger partial charge in [0.1, 0.15) is 30.6 Å². The number of carbonyl (C=O) groups excluding carboxylic acids is 2. The van der Waals surface area contributed by atoms with E-state index in [1.54, 1.807) is 36.4 Å². The topological polar surface area (TPSA) is 74.3 Å². The van der Waals surface area contributed by atoms with Gasteiger partial charge in [-0.2, -0.15) is 0 Å². The third-order valence-electron chi connectivity index (χ3n) is 4.28. The zero-order chi connectivity index (χ0) is 20.8. The Morgan fingerprint density at radius 2 is 1.79 bits per heavy atom. The maximum atomic E-state index is 13.2. The first kappa shape index (κ1) is 20.3. The van der Waals surface area contributed by atoms with Crippen molar-refractivity contribution in [2.75, 3.05) is 32.5 Å². The van der Waals surface area contributed by atoms with Crippen molar-refractivity contribution in [3.05, 3.63) is 71.2 Å². The minimum atomic E-state index is -0.667. The average Bonchev–Trinajstić information content (AvgIpc) is 2.76. The summed E-state index contributed by atoms with van der Waals surface area (Å²) in [7, 11) is 2.47. The summed E-state index contributed by atoms with van der Waals surface area (Å²) in [4.78, 5) is 25.9. The second kappa shape index (κ2) is 9.20. The summed E-state index contributed by atoms with van der Waals surface area (Å²) in [5.41, 5.74) is 1.46. The van der Waals surface area contributed by atoms with Crippen molar-refractivity contribution in [3.8, 4) is 5.75 Å². The predicted octanol–water partition coefficient (Wildman–Crippen LogP) is 2.80. The molecule has 8 heteroatoms. The van der Waals surface area contributed by atoms with Gasteiger partial charge < -0.3 is 23.8 Å². The molecule has 152 valence electrons. The van der Waals surface area contributed by atoms with E-state index in [1.807, 2.05) is 0 Å². The molecule has 1 aliphatic rings. The molecule has 0 saturated carbocycles.